The SMILES string of the molecule is CCC(C)C(=N)c1nc(Cl)cc(-c2ccc(F)cc2)n1. The molecule has 1 heterocycles. The van der Waals surface area contributed by atoms with Gasteiger partial charge in [-0.05, 0) is 30.7 Å². The zero-order chi connectivity index (χ0) is 14.7. The summed E-state index contributed by atoms with van der Waals surface area (Å²) < 4.78 is 12.9. The molecule has 2 aromatic rings. The Morgan fingerprint density at radius 3 is 2.55 bits per heavy atom. The summed E-state index contributed by atoms with van der Waals surface area (Å²) in [6.07, 6.45) is 0.834. The summed E-state index contributed by atoms with van der Waals surface area (Å²) in [5, 5.41) is 8.36. The minimum Gasteiger partial charge on any atom is -0.301 e. The highest BCUT2D eigenvalue weighted by molar-refractivity contribution is 6.29. The fourth-order valence-electron chi connectivity index (χ4n) is 1.73. The second-order valence-corrected chi connectivity index (χ2v) is 5.02. The third-order valence-electron chi connectivity index (χ3n) is 3.18. The van der Waals surface area contributed by atoms with Crippen LogP contribution in [0.5, 0.6) is 0 Å². The van der Waals surface area contributed by atoms with Gasteiger partial charge in [0.05, 0.1) is 11.4 Å². The molecular weight excluding hydrogens is 277 g/mol. The summed E-state index contributed by atoms with van der Waals surface area (Å²) in [6, 6.07) is 7.60. The van der Waals surface area contributed by atoms with Gasteiger partial charge in [-0.3, -0.25) is 0 Å². The van der Waals surface area contributed by atoms with Crippen LogP contribution in [0.2, 0.25) is 5.15 Å². The van der Waals surface area contributed by atoms with Gasteiger partial charge >= 0.3 is 0 Å². The number of hydrogen-bond donors (Lipinski definition) is 1. The van der Waals surface area contributed by atoms with Crippen LogP contribution in [0.4, 0.5) is 4.39 Å². The van der Waals surface area contributed by atoms with E-state index < -0.39 is 0 Å². The molecule has 104 valence electrons. The van der Waals surface area contributed by atoms with Gasteiger partial charge in [0.2, 0.25) is 0 Å². The van der Waals surface area contributed by atoms with Crippen LogP contribution in [-0.4, -0.2) is 15.7 Å². The van der Waals surface area contributed by atoms with Crippen LogP contribution in [0.1, 0.15) is 26.1 Å². The van der Waals surface area contributed by atoms with Crippen molar-refractivity contribution in [2.24, 2.45) is 5.92 Å². The Morgan fingerprint density at radius 1 is 1.30 bits per heavy atom. The Kier molecular flexibility index (Phi) is 4.45. The molecule has 1 N–H and O–H groups in total. The molecule has 20 heavy (non-hydrogen) atoms. The van der Waals surface area contributed by atoms with E-state index in [1.54, 1.807) is 18.2 Å². The lowest BCUT2D eigenvalue weighted by atomic mass is 10.0. The van der Waals surface area contributed by atoms with Crippen molar-refractivity contribution in [2.45, 2.75) is 20.3 Å². The van der Waals surface area contributed by atoms with E-state index in [2.05, 4.69) is 9.97 Å². The lowest BCUT2D eigenvalue weighted by Gasteiger charge is -2.11. The first-order valence-corrected chi connectivity index (χ1v) is 6.78. The molecule has 0 saturated heterocycles. The third-order valence-corrected chi connectivity index (χ3v) is 3.37. The van der Waals surface area contributed by atoms with Crippen molar-refractivity contribution in [3.8, 4) is 11.3 Å². The van der Waals surface area contributed by atoms with Crippen molar-refractivity contribution < 1.29 is 4.39 Å². The number of benzene rings is 1. The Morgan fingerprint density at radius 2 is 1.95 bits per heavy atom. The second-order valence-electron chi connectivity index (χ2n) is 4.63. The molecule has 0 aliphatic heterocycles. The van der Waals surface area contributed by atoms with Gasteiger partial charge < -0.3 is 5.41 Å². The first-order valence-electron chi connectivity index (χ1n) is 6.40. The first kappa shape index (κ1) is 14.6. The normalized spacial score (nSPS) is 12.2. The van der Waals surface area contributed by atoms with Crippen LogP contribution < -0.4 is 0 Å². The molecule has 0 aliphatic carbocycles. The highest BCUT2D eigenvalue weighted by Gasteiger charge is 2.14. The lowest BCUT2D eigenvalue weighted by Crippen LogP contribution is -2.14. The van der Waals surface area contributed by atoms with Crippen LogP contribution in [0.3, 0.4) is 0 Å². The topological polar surface area (TPSA) is 49.6 Å². The standard InChI is InChI=1S/C15H15ClFN3/c1-3-9(2)14(18)15-19-12(8-13(16)20-15)10-4-6-11(17)7-5-10/h4-9,18H,3H2,1-2H3. The van der Waals surface area contributed by atoms with Crippen LogP contribution in [0.15, 0.2) is 30.3 Å². The van der Waals surface area contributed by atoms with E-state index in [-0.39, 0.29) is 16.9 Å². The van der Waals surface area contributed by atoms with Crippen molar-refractivity contribution in [3.05, 3.63) is 47.1 Å². The van der Waals surface area contributed by atoms with Gasteiger partial charge in [0.15, 0.2) is 5.82 Å². The summed E-state index contributed by atoms with van der Waals surface area (Å²) in [5.41, 5.74) is 1.69. The van der Waals surface area contributed by atoms with E-state index in [0.29, 0.717) is 17.2 Å². The van der Waals surface area contributed by atoms with Crippen molar-refractivity contribution in [3.63, 3.8) is 0 Å². The maximum absolute atomic E-state index is 12.9. The monoisotopic (exact) mass is 291 g/mol. The molecule has 5 heteroatoms. The molecule has 1 aromatic heterocycles. The Labute approximate surface area is 122 Å². The third kappa shape index (κ3) is 3.20. The van der Waals surface area contributed by atoms with Gasteiger partial charge in [-0.25, -0.2) is 14.4 Å². The molecule has 0 radical (unpaired) electrons. The molecule has 1 atom stereocenters. The van der Waals surface area contributed by atoms with Gasteiger partial charge in [0.1, 0.15) is 11.0 Å². The highest BCUT2D eigenvalue weighted by atomic mass is 35.5. The van der Waals surface area contributed by atoms with E-state index in [9.17, 15) is 4.39 Å². The fourth-order valence-corrected chi connectivity index (χ4v) is 1.91. The van der Waals surface area contributed by atoms with Gasteiger partial charge in [0.25, 0.3) is 0 Å². The van der Waals surface area contributed by atoms with Crippen molar-refractivity contribution in [1.82, 2.24) is 9.97 Å². The highest BCUT2D eigenvalue weighted by Crippen LogP contribution is 2.21. The van der Waals surface area contributed by atoms with Crippen LogP contribution in [-0.2, 0) is 0 Å². The molecule has 0 fully saturated rings. The smallest absolute Gasteiger partial charge is 0.175 e. The average molecular weight is 292 g/mol. The number of nitrogens with one attached hydrogen (secondary N) is 1. The second kappa shape index (κ2) is 6.09. The van der Waals surface area contributed by atoms with Crippen molar-refractivity contribution in [2.75, 3.05) is 0 Å². The molecule has 0 bridgehead atoms. The number of aromatic nitrogens is 2. The van der Waals surface area contributed by atoms with E-state index in [1.165, 1.54) is 12.1 Å². The van der Waals surface area contributed by atoms with Crippen LogP contribution in [0, 0.1) is 17.1 Å². The minimum absolute atomic E-state index is 0.0644. The molecule has 1 aromatic carbocycles. The number of rotatable bonds is 4. The summed E-state index contributed by atoms with van der Waals surface area (Å²) in [6.45, 7) is 3.95. The molecule has 2 rings (SSSR count). The zero-order valence-electron chi connectivity index (χ0n) is 11.3. The predicted octanol–water partition coefficient (Wildman–Crippen LogP) is 4.35. The Hall–Kier alpha value is -1.81. The number of nitrogens with zero attached hydrogens (tertiary/aromatic N) is 2. The van der Waals surface area contributed by atoms with E-state index in [0.717, 1.165) is 12.0 Å². The first-order chi connectivity index (χ1) is 9.51. The molecule has 0 amide bonds. The molecular formula is C15H15ClFN3. The minimum atomic E-state index is -0.304. The van der Waals surface area contributed by atoms with E-state index in [4.69, 9.17) is 17.0 Å². The van der Waals surface area contributed by atoms with E-state index >= 15 is 0 Å². The van der Waals surface area contributed by atoms with Gasteiger partial charge in [-0.15, -0.1) is 0 Å². The van der Waals surface area contributed by atoms with Crippen LogP contribution >= 0.6 is 11.6 Å². The lowest BCUT2D eigenvalue weighted by molar-refractivity contribution is 0.628. The predicted molar refractivity (Wildman–Crippen MR) is 78.7 cm³/mol. The van der Waals surface area contributed by atoms with Crippen LogP contribution in [0.25, 0.3) is 11.3 Å². The Balaban J connectivity index is 2.43. The molecule has 3 nitrogen and oxygen atoms in total. The molecule has 0 saturated carbocycles. The number of halogens is 2. The van der Waals surface area contributed by atoms with Crippen molar-refractivity contribution in [1.29, 1.82) is 5.41 Å². The quantitative estimate of drug-likeness (QED) is 0.672. The maximum Gasteiger partial charge on any atom is 0.175 e. The number of hydrogen-bond acceptors (Lipinski definition) is 3. The maximum atomic E-state index is 12.9. The van der Waals surface area contributed by atoms with Gasteiger partial charge in [-0.2, -0.15) is 0 Å². The largest absolute Gasteiger partial charge is 0.301 e. The molecule has 1 unspecified atom stereocenters. The zero-order valence-corrected chi connectivity index (χ0v) is 12.1. The summed E-state index contributed by atoms with van der Waals surface area (Å²) in [4.78, 5) is 8.46. The molecule has 0 spiro atoms. The average Bonchev–Trinajstić information content (AvgIpc) is 2.45. The summed E-state index contributed by atoms with van der Waals surface area (Å²) in [5.74, 6) is 0.0854. The van der Waals surface area contributed by atoms with Gasteiger partial charge in [-0.1, -0.05) is 25.4 Å². The summed E-state index contributed by atoms with van der Waals surface area (Å²) in [7, 11) is 0. The Bertz CT molecular complexity index is 626. The van der Waals surface area contributed by atoms with E-state index in [1.807, 2.05) is 13.8 Å². The van der Waals surface area contributed by atoms with Crippen molar-refractivity contribution >= 4 is 17.3 Å². The fraction of sp³-hybridized carbons (Fsp3) is 0.267. The molecule has 0 aliphatic rings. The summed E-state index contributed by atoms with van der Waals surface area (Å²) >= 11 is 6.00. The van der Waals surface area contributed by atoms with Gasteiger partial charge in [0, 0.05) is 17.5 Å².